The first-order valence-electron chi connectivity index (χ1n) is 7.51. The second-order valence-electron chi connectivity index (χ2n) is 6.00. The van der Waals surface area contributed by atoms with Crippen molar-refractivity contribution in [3.63, 3.8) is 0 Å². The van der Waals surface area contributed by atoms with Crippen LogP contribution in [-0.2, 0) is 9.59 Å². The lowest BCUT2D eigenvalue weighted by atomic mass is 9.91. The Morgan fingerprint density at radius 2 is 1.68 bits per heavy atom. The highest BCUT2D eigenvalue weighted by atomic mass is 16.4. The van der Waals surface area contributed by atoms with Gasteiger partial charge in [-0.2, -0.15) is 0 Å². The third-order valence-corrected chi connectivity index (χ3v) is 3.73. The van der Waals surface area contributed by atoms with Gasteiger partial charge in [-0.3, -0.25) is 9.59 Å². The lowest BCUT2D eigenvalue weighted by Gasteiger charge is -2.27. The molecule has 1 N–H and O–H groups in total. The summed E-state index contributed by atoms with van der Waals surface area (Å²) in [6.45, 7) is 5.87. The number of nitrogens with zero attached hydrogens (tertiary/aromatic N) is 1. The maximum absolute atomic E-state index is 12.5. The number of amides is 1. The Morgan fingerprint density at radius 3 is 2.16 bits per heavy atom. The number of carbonyl (C=O) groups excluding carboxylic acids is 1. The molecule has 0 spiro atoms. The zero-order chi connectivity index (χ0) is 14.3. The van der Waals surface area contributed by atoms with Crippen LogP contribution in [0.2, 0.25) is 0 Å². The van der Waals surface area contributed by atoms with Gasteiger partial charge >= 0.3 is 5.97 Å². The van der Waals surface area contributed by atoms with E-state index in [9.17, 15) is 9.59 Å². The maximum Gasteiger partial charge on any atom is 0.303 e. The molecule has 1 aliphatic rings. The molecule has 1 aliphatic heterocycles. The van der Waals surface area contributed by atoms with Crippen LogP contribution in [0, 0.1) is 11.8 Å². The molecule has 19 heavy (non-hydrogen) atoms. The second-order valence-corrected chi connectivity index (χ2v) is 6.00. The molecule has 0 saturated carbocycles. The lowest BCUT2D eigenvalue weighted by Crippen LogP contribution is -2.37. The first kappa shape index (κ1) is 16.0. The molecule has 4 heteroatoms. The van der Waals surface area contributed by atoms with Crippen LogP contribution in [0.3, 0.4) is 0 Å². The van der Waals surface area contributed by atoms with Crippen molar-refractivity contribution in [2.75, 3.05) is 13.1 Å². The number of carboxylic acids is 1. The zero-order valence-electron chi connectivity index (χ0n) is 12.2. The SMILES string of the molecule is CC(C)CC(CCC(=O)O)C(=O)N1CCCCCC1. The Labute approximate surface area is 116 Å². The van der Waals surface area contributed by atoms with E-state index in [1.54, 1.807) is 0 Å². The molecule has 110 valence electrons. The van der Waals surface area contributed by atoms with E-state index in [0.717, 1.165) is 32.4 Å². The summed E-state index contributed by atoms with van der Waals surface area (Å²) in [6.07, 6.45) is 5.93. The van der Waals surface area contributed by atoms with Crippen molar-refractivity contribution in [1.29, 1.82) is 0 Å². The molecule has 4 nitrogen and oxygen atoms in total. The summed E-state index contributed by atoms with van der Waals surface area (Å²) in [7, 11) is 0. The van der Waals surface area contributed by atoms with Gasteiger partial charge in [0.2, 0.25) is 5.91 Å². The number of likely N-dealkylation sites (tertiary alicyclic amines) is 1. The van der Waals surface area contributed by atoms with Gasteiger partial charge in [-0.1, -0.05) is 26.7 Å². The van der Waals surface area contributed by atoms with E-state index in [0.29, 0.717) is 12.3 Å². The van der Waals surface area contributed by atoms with Gasteiger partial charge in [0.15, 0.2) is 0 Å². The number of hydrogen-bond donors (Lipinski definition) is 1. The van der Waals surface area contributed by atoms with Crippen molar-refractivity contribution in [2.24, 2.45) is 11.8 Å². The molecule has 1 atom stereocenters. The average Bonchev–Trinajstić information content (AvgIpc) is 2.61. The van der Waals surface area contributed by atoms with Gasteiger partial charge in [0.25, 0.3) is 0 Å². The molecule has 1 heterocycles. The zero-order valence-corrected chi connectivity index (χ0v) is 12.2. The van der Waals surface area contributed by atoms with Crippen LogP contribution in [0.4, 0.5) is 0 Å². The fourth-order valence-corrected chi connectivity index (χ4v) is 2.76. The highest BCUT2D eigenvalue weighted by Gasteiger charge is 2.26. The normalized spacial score (nSPS) is 18.2. The monoisotopic (exact) mass is 269 g/mol. The summed E-state index contributed by atoms with van der Waals surface area (Å²) < 4.78 is 0. The molecule has 0 radical (unpaired) electrons. The Balaban J connectivity index is 2.59. The number of rotatable bonds is 6. The molecule has 1 unspecified atom stereocenters. The minimum absolute atomic E-state index is 0.0942. The highest BCUT2D eigenvalue weighted by molar-refractivity contribution is 5.79. The van der Waals surface area contributed by atoms with Crippen LogP contribution < -0.4 is 0 Å². The van der Waals surface area contributed by atoms with Crippen LogP contribution in [-0.4, -0.2) is 35.0 Å². The molecule has 1 saturated heterocycles. The number of carbonyl (C=O) groups is 2. The van der Waals surface area contributed by atoms with E-state index in [1.165, 1.54) is 12.8 Å². The van der Waals surface area contributed by atoms with Gasteiger partial charge in [0.05, 0.1) is 0 Å². The van der Waals surface area contributed by atoms with Crippen LogP contribution in [0.15, 0.2) is 0 Å². The standard InChI is InChI=1S/C15H27NO3/c1-12(2)11-13(7-8-14(17)18)15(19)16-9-5-3-4-6-10-16/h12-13H,3-11H2,1-2H3,(H,17,18). The molecule has 0 aromatic carbocycles. The predicted octanol–water partition coefficient (Wildman–Crippen LogP) is 2.92. The molecule has 1 rings (SSSR count). The highest BCUT2D eigenvalue weighted by Crippen LogP contribution is 2.22. The van der Waals surface area contributed by atoms with E-state index in [1.807, 2.05) is 4.90 Å². The molecular formula is C15H27NO3. The molecule has 1 fully saturated rings. The van der Waals surface area contributed by atoms with Crippen molar-refractivity contribution >= 4 is 11.9 Å². The first-order valence-corrected chi connectivity index (χ1v) is 7.51. The van der Waals surface area contributed by atoms with E-state index in [4.69, 9.17) is 5.11 Å². The third kappa shape index (κ3) is 6.08. The maximum atomic E-state index is 12.5. The number of aliphatic carboxylic acids is 1. The van der Waals surface area contributed by atoms with Crippen molar-refractivity contribution in [3.05, 3.63) is 0 Å². The topological polar surface area (TPSA) is 57.6 Å². The van der Waals surface area contributed by atoms with Crippen LogP contribution >= 0.6 is 0 Å². The number of hydrogen-bond acceptors (Lipinski definition) is 2. The summed E-state index contributed by atoms with van der Waals surface area (Å²) >= 11 is 0. The Kier molecular flexibility index (Phi) is 6.89. The fraction of sp³-hybridized carbons (Fsp3) is 0.867. The lowest BCUT2D eigenvalue weighted by molar-refractivity contribution is -0.139. The number of carboxylic acid groups (broad SMARTS) is 1. The summed E-state index contributed by atoms with van der Waals surface area (Å²) in [5, 5.41) is 8.81. The third-order valence-electron chi connectivity index (χ3n) is 3.73. The van der Waals surface area contributed by atoms with Gasteiger partial charge < -0.3 is 10.0 Å². The van der Waals surface area contributed by atoms with Crippen molar-refractivity contribution in [1.82, 2.24) is 4.90 Å². The van der Waals surface area contributed by atoms with E-state index >= 15 is 0 Å². The van der Waals surface area contributed by atoms with E-state index in [2.05, 4.69) is 13.8 Å². The summed E-state index contributed by atoms with van der Waals surface area (Å²) in [6, 6.07) is 0. The predicted molar refractivity (Wildman–Crippen MR) is 74.9 cm³/mol. The van der Waals surface area contributed by atoms with Crippen LogP contribution in [0.5, 0.6) is 0 Å². The quantitative estimate of drug-likeness (QED) is 0.806. The van der Waals surface area contributed by atoms with Crippen molar-refractivity contribution < 1.29 is 14.7 Å². The molecule has 0 aromatic heterocycles. The minimum atomic E-state index is -0.808. The van der Waals surface area contributed by atoms with Gasteiger partial charge in [0.1, 0.15) is 0 Å². The molecule has 0 aliphatic carbocycles. The van der Waals surface area contributed by atoms with Gasteiger partial charge in [0, 0.05) is 25.4 Å². The Morgan fingerprint density at radius 1 is 1.11 bits per heavy atom. The molecule has 0 bridgehead atoms. The van der Waals surface area contributed by atoms with Crippen LogP contribution in [0.25, 0.3) is 0 Å². The first-order chi connectivity index (χ1) is 9.00. The smallest absolute Gasteiger partial charge is 0.303 e. The summed E-state index contributed by atoms with van der Waals surface area (Å²) in [5.41, 5.74) is 0. The van der Waals surface area contributed by atoms with Gasteiger partial charge in [-0.05, 0) is 31.6 Å². The fourth-order valence-electron chi connectivity index (χ4n) is 2.76. The van der Waals surface area contributed by atoms with Gasteiger partial charge in [-0.15, -0.1) is 0 Å². The Hall–Kier alpha value is -1.06. The molecular weight excluding hydrogens is 242 g/mol. The van der Waals surface area contributed by atoms with Gasteiger partial charge in [-0.25, -0.2) is 0 Å². The minimum Gasteiger partial charge on any atom is -0.481 e. The van der Waals surface area contributed by atoms with Crippen molar-refractivity contribution in [3.8, 4) is 0 Å². The molecule has 1 amide bonds. The van der Waals surface area contributed by atoms with Crippen LogP contribution in [0.1, 0.15) is 58.8 Å². The van der Waals surface area contributed by atoms with E-state index < -0.39 is 5.97 Å². The summed E-state index contributed by atoms with van der Waals surface area (Å²) in [4.78, 5) is 25.2. The van der Waals surface area contributed by atoms with Crippen molar-refractivity contribution in [2.45, 2.75) is 58.8 Å². The summed E-state index contributed by atoms with van der Waals surface area (Å²) in [5.74, 6) is -0.321. The second kappa shape index (κ2) is 8.18. The van der Waals surface area contributed by atoms with E-state index in [-0.39, 0.29) is 18.2 Å². The Bertz CT molecular complexity index is 294. The largest absolute Gasteiger partial charge is 0.481 e. The molecule has 0 aromatic rings. The average molecular weight is 269 g/mol.